The molecule has 0 saturated carbocycles. The Morgan fingerprint density at radius 2 is 2.10 bits per heavy atom. The molecule has 0 atom stereocenters. The number of rotatable bonds is 6. The fraction of sp³-hybridized carbons (Fsp3) is 0.333. The lowest BCUT2D eigenvalue weighted by molar-refractivity contribution is -0.385. The van der Waals surface area contributed by atoms with E-state index in [0.717, 1.165) is 6.07 Å². The van der Waals surface area contributed by atoms with Gasteiger partial charge in [0.1, 0.15) is 0 Å². The van der Waals surface area contributed by atoms with Crippen molar-refractivity contribution in [2.24, 2.45) is 5.73 Å². The number of nitro groups is 1. The van der Waals surface area contributed by atoms with E-state index >= 15 is 0 Å². The molecule has 0 fully saturated rings. The predicted octanol–water partition coefficient (Wildman–Crippen LogP) is 0.298. The minimum atomic E-state index is -0.734. The molecule has 0 aliphatic heterocycles. The zero-order valence-corrected chi connectivity index (χ0v) is 11.2. The molecule has 20 heavy (non-hydrogen) atoms. The number of carbonyl (C=O) groups excluding carboxylic acids is 2. The maximum Gasteiger partial charge on any atom is 0.319 e. The number of nitrogens with zero attached hydrogens (tertiary/aromatic N) is 2. The summed E-state index contributed by atoms with van der Waals surface area (Å²) in [4.78, 5) is 34.1. The maximum absolute atomic E-state index is 11.1. The van der Waals surface area contributed by atoms with E-state index in [1.807, 2.05) is 0 Å². The Hall–Kier alpha value is -2.48. The average Bonchev–Trinajstić information content (AvgIpc) is 2.38. The van der Waals surface area contributed by atoms with Crippen LogP contribution in [0.4, 0.5) is 5.69 Å². The fourth-order valence-corrected chi connectivity index (χ4v) is 1.65. The van der Waals surface area contributed by atoms with Gasteiger partial charge in [-0.2, -0.15) is 0 Å². The van der Waals surface area contributed by atoms with Crippen molar-refractivity contribution in [1.82, 2.24) is 4.90 Å². The molecular formula is C12H15N3O5. The number of esters is 1. The molecule has 8 nitrogen and oxygen atoms in total. The summed E-state index contributed by atoms with van der Waals surface area (Å²) in [5.41, 5.74) is 5.32. The van der Waals surface area contributed by atoms with Gasteiger partial charge in [-0.15, -0.1) is 0 Å². The van der Waals surface area contributed by atoms with E-state index in [0.29, 0.717) is 5.56 Å². The maximum atomic E-state index is 11.1. The Morgan fingerprint density at radius 3 is 2.60 bits per heavy atom. The summed E-state index contributed by atoms with van der Waals surface area (Å²) in [6, 6.07) is 3.99. The van der Waals surface area contributed by atoms with E-state index in [-0.39, 0.29) is 24.3 Å². The van der Waals surface area contributed by atoms with Crippen LogP contribution in [-0.4, -0.2) is 42.4 Å². The number of primary amides is 1. The molecule has 108 valence electrons. The van der Waals surface area contributed by atoms with Crippen molar-refractivity contribution in [3.8, 4) is 0 Å². The zero-order chi connectivity index (χ0) is 15.3. The number of hydrogen-bond donors (Lipinski definition) is 1. The van der Waals surface area contributed by atoms with Gasteiger partial charge in [0, 0.05) is 23.7 Å². The van der Waals surface area contributed by atoms with Gasteiger partial charge >= 0.3 is 5.97 Å². The Morgan fingerprint density at radius 1 is 1.45 bits per heavy atom. The van der Waals surface area contributed by atoms with Crippen molar-refractivity contribution in [3.63, 3.8) is 0 Å². The smallest absolute Gasteiger partial charge is 0.319 e. The van der Waals surface area contributed by atoms with Gasteiger partial charge in [0.15, 0.2) is 0 Å². The van der Waals surface area contributed by atoms with Crippen LogP contribution in [0, 0.1) is 10.1 Å². The molecule has 8 heteroatoms. The largest absolute Gasteiger partial charge is 0.468 e. The average molecular weight is 281 g/mol. The van der Waals surface area contributed by atoms with Crippen LogP contribution in [0.1, 0.15) is 15.9 Å². The monoisotopic (exact) mass is 281 g/mol. The Kier molecular flexibility index (Phi) is 5.15. The summed E-state index contributed by atoms with van der Waals surface area (Å²) in [5.74, 6) is -1.17. The third kappa shape index (κ3) is 4.02. The molecule has 1 amide bonds. The molecule has 0 heterocycles. The van der Waals surface area contributed by atoms with Crippen LogP contribution < -0.4 is 5.73 Å². The summed E-state index contributed by atoms with van der Waals surface area (Å²) < 4.78 is 4.51. The number of carbonyl (C=O) groups is 2. The van der Waals surface area contributed by atoms with Gasteiger partial charge in [0.25, 0.3) is 5.69 Å². The van der Waals surface area contributed by atoms with Gasteiger partial charge in [-0.05, 0) is 13.1 Å². The van der Waals surface area contributed by atoms with Gasteiger partial charge in [0.2, 0.25) is 5.91 Å². The lowest BCUT2D eigenvalue weighted by Crippen LogP contribution is -2.26. The summed E-state index contributed by atoms with van der Waals surface area (Å²) in [6.45, 7) is 0.176. The third-order valence-corrected chi connectivity index (χ3v) is 2.63. The number of methoxy groups -OCH3 is 1. The van der Waals surface area contributed by atoms with Gasteiger partial charge in [-0.1, -0.05) is 6.07 Å². The predicted molar refractivity (Wildman–Crippen MR) is 70.0 cm³/mol. The normalized spacial score (nSPS) is 10.3. The highest BCUT2D eigenvalue weighted by Gasteiger charge is 2.18. The van der Waals surface area contributed by atoms with Gasteiger partial charge < -0.3 is 10.5 Å². The first-order chi connectivity index (χ1) is 9.35. The lowest BCUT2D eigenvalue weighted by atomic mass is 10.1. The van der Waals surface area contributed by atoms with E-state index in [2.05, 4.69) is 4.74 Å². The second kappa shape index (κ2) is 6.62. The van der Waals surface area contributed by atoms with Crippen LogP contribution >= 0.6 is 0 Å². The molecule has 0 radical (unpaired) electrons. The highest BCUT2D eigenvalue weighted by Crippen LogP contribution is 2.21. The quantitative estimate of drug-likeness (QED) is 0.455. The molecule has 0 unspecified atom stereocenters. The number of ether oxygens (including phenoxy) is 1. The standard InChI is InChI=1S/C12H15N3O5/c1-14(7-11(16)20-2)6-9-4-3-8(12(13)17)5-10(9)15(18)19/h3-5H,6-7H2,1-2H3,(H2,13,17). The highest BCUT2D eigenvalue weighted by molar-refractivity contribution is 5.93. The van der Waals surface area contributed by atoms with Crippen molar-refractivity contribution in [2.45, 2.75) is 6.54 Å². The number of amides is 1. The van der Waals surface area contributed by atoms with Crippen molar-refractivity contribution in [1.29, 1.82) is 0 Å². The van der Waals surface area contributed by atoms with Crippen LogP contribution in [0.3, 0.4) is 0 Å². The molecule has 0 saturated heterocycles. The number of hydrogen-bond acceptors (Lipinski definition) is 6. The van der Waals surface area contributed by atoms with E-state index in [1.165, 1.54) is 19.2 Å². The second-order valence-corrected chi connectivity index (χ2v) is 4.21. The zero-order valence-electron chi connectivity index (χ0n) is 11.2. The van der Waals surface area contributed by atoms with Crippen LogP contribution in [0.15, 0.2) is 18.2 Å². The molecule has 0 aromatic heterocycles. The van der Waals surface area contributed by atoms with E-state index < -0.39 is 16.8 Å². The number of benzene rings is 1. The van der Waals surface area contributed by atoms with E-state index in [1.54, 1.807) is 11.9 Å². The first-order valence-corrected chi connectivity index (χ1v) is 5.67. The number of likely N-dealkylation sites (N-methyl/N-ethyl adjacent to an activating group) is 1. The first kappa shape index (κ1) is 15.6. The molecule has 1 rings (SSSR count). The summed E-state index contributed by atoms with van der Waals surface area (Å²) in [6.07, 6.45) is 0. The molecule has 1 aromatic carbocycles. The molecule has 0 bridgehead atoms. The topological polar surface area (TPSA) is 116 Å². The number of nitrogens with two attached hydrogens (primary N) is 1. The van der Waals surface area contributed by atoms with Gasteiger partial charge in [-0.3, -0.25) is 24.6 Å². The summed E-state index contributed by atoms with van der Waals surface area (Å²) in [7, 11) is 2.89. The molecule has 0 aliphatic carbocycles. The fourth-order valence-electron chi connectivity index (χ4n) is 1.65. The van der Waals surface area contributed by atoms with Crippen LogP contribution in [0.5, 0.6) is 0 Å². The Balaban J connectivity index is 2.97. The lowest BCUT2D eigenvalue weighted by Gasteiger charge is -2.15. The van der Waals surface area contributed by atoms with Crippen molar-refractivity contribution in [2.75, 3.05) is 20.7 Å². The summed E-state index contributed by atoms with van der Waals surface area (Å²) in [5, 5.41) is 11.0. The van der Waals surface area contributed by atoms with E-state index in [4.69, 9.17) is 5.73 Å². The SMILES string of the molecule is COC(=O)CN(C)Cc1ccc(C(N)=O)cc1[N+](=O)[O-]. The van der Waals surface area contributed by atoms with Crippen molar-refractivity contribution >= 4 is 17.6 Å². The summed E-state index contributed by atoms with van der Waals surface area (Å²) >= 11 is 0. The molecular weight excluding hydrogens is 266 g/mol. The van der Waals surface area contributed by atoms with Gasteiger partial charge in [0.05, 0.1) is 18.6 Å². The van der Waals surface area contributed by atoms with Crippen LogP contribution in [-0.2, 0) is 16.1 Å². The minimum Gasteiger partial charge on any atom is -0.468 e. The van der Waals surface area contributed by atoms with Crippen molar-refractivity contribution < 1.29 is 19.2 Å². The van der Waals surface area contributed by atoms with E-state index in [9.17, 15) is 19.7 Å². The van der Waals surface area contributed by atoms with Gasteiger partial charge in [-0.25, -0.2) is 0 Å². The Bertz CT molecular complexity index is 544. The first-order valence-electron chi connectivity index (χ1n) is 5.67. The van der Waals surface area contributed by atoms with Crippen LogP contribution in [0.25, 0.3) is 0 Å². The second-order valence-electron chi connectivity index (χ2n) is 4.21. The molecule has 1 aromatic rings. The van der Waals surface area contributed by atoms with Crippen molar-refractivity contribution in [3.05, 3.63) is 39.4 Å². The highest BCUT2D eigenvalue weighted by atomic mass is 16.6. The molecule has 0 aliphatic rings. The Labute approximate surface area is 115 Å². The third-order valence-electron chi connectivity index (χ3n) is 2.63. The van der Waals surface area contributed by atoms with Crippen LogP contribution in [0.2, 0.25) is 0 Å². The molecule has 0 spiro atoms. The minimum absolute atomic E-state index is 0.00518. The number of nitro benzene ring substituents is 1. The molecule has 2 N–H and O–H groups in total.